The summed E-state index contributed by atoms with van der Waals surface area (Å²) in [5, 5.41) is 8.31. The molecule has 2 aromatic heterocycles. The number of benzene rings is 1. The molecule has 0 saturated heterocycles. The summed E-state index contributed by atoms with van der Waals surface area (Å²) in [5.41, 5.74) is 2.73. The number of nitrogens with one attached hydrogen (secondary N) is 1. The van der Waals surface area contributed by atoms with Crippen molar-refractivity contribution in [1.29, 1.82) is 0 Å². The second-order valence-electron chi connectivity index (χ2n) is 11.3. The van der Waals surface area contributed by atoms with E-state index in [1.165, 1.54) is 26.4 Å². The standard InChI is InChI=1S/C30H33N3O5S/c1-4-38-29(36)24-17(2)23(28(35)37-3)27(39-24)31-26(34)22-16-33(21-8-6-5-7-9-21)32-25(22)30-13-18-10-19(14-30)12-20(11-18)15-30/h5-9,16,18-20H,4,10-15H2,1-3H3,(H,31,34). The van der Waals surface area contributed by atoms with Crippen LogP contribution in [0.3, 0.4) is 0 Å². The lowest BCUT2D eigenvalue weighted by atomic mass is 9.48. The quantitative estimate of drug-likeness (QED) is 0.368. The zero-order valence-electron chi connectivity index (χ0n) is 22.5. The predicted molar refractivity (Wildman–Crippen MR) is 148 cm³/mol. The first kappa shape index (κ1) is 25.8. The number of hydrogen-bond acceptors (Lipinski definition) is 7. The number of ether oxygens (including phenoxy) is 2. The number of methoxy groups -OCH3 is 1. The van der Waals surface area contributed by atoms with Gasteiger partial charge in [0.25, 0.3) is 5.91 Å². The highest BCUT2D eigenvalue weighted by Gasteiger charge is 2.54. The van der Waals surface area contributed by atoms with Crippen LogP contribution >= 0.6 is 11.3 Å². The summed E-state index contributed by atoms with van der Waals surface area (Å²) >= 11 is 1.03. The van der Waals surface area contributed by atoms with Crippen LogP contribution in [0.2, 0.25) is 0 Å². The van der Waals surface area contributed by atoms with Gasteiger partial charge in [0, 0.05) is 11.6 Å². The van der Waals surface area contributed by atoms with Gasteiger partial charge >= 0.3 is 11.9 Å². The Labute approximate surface area is 231 Å². The molecule has 4 aliphatic carbocycles. The monoisotopic (exact) mass is 547 g/mol. The molecule has 0 aliphatic heterocycles. The molecule has 4 bridgehead atoms. The fourth-order valence-electron chi connectivity index (χ4n) is 7.56. The first-order valence-corrected chi connectivity index (χ1v) is 14.5. The molecule has 1 amide bonds. The number of carbonyl (C=O) groups is 3. The van der Waals surface area contributed by atoms with Crippen LogP contribution in [0.5, 0.6) is 0 Å². The zero-order chi connectivity index (χ0) is 27.3. The molecule has 4 fully saturated rings. The van der Waals surface area contributed by atoms with Gasteiger partial charge in [-0.2, -0.15) is 5.10 Å². The predicted octanol–water partition coefficient (Wildman–Crippen LogP) is 5.93. The van der Waals surface area contributed by atoms with Crippen molar-refractivity contribution in [3.63, 3.8) is 0 Å². The van der Waals surface area contributed by atoms with Crippen LogP contribution in [0.15, 0.2) is 36.5 Å². The third-order valence-electron chi connectivity index (χ3n) is 8.74. The van der Waals surface area contributed by atoms with Crippen molar-refractivity contribution >= 4 is 34.2 Å². The van der Waals surface area contributed by atoms with Crippen molar-refractivity contribution in [3.05, 3.63) is 63.8 Å². The van der Waals surface area contributed by atoms with E-state index < -0.39 is 11.9 Å². The lowest BCUT2D eigenvalue weighted by molar-refractivity contribution is -0.00765. The molecule has 4 aliphatic rings. The number of nitrogens with zero attached hydrogens (tertiary/aromatic N) is 2. The first-order valence-electron chi connectivity index (χ1n) is 13.7. The number of hydrogen-bond donors (Lipinski definition) is 1. The summed E-state index contributed by atoms with van der Waals surface area (Å²) in [7, 11) is 1.28. The highest BCUT2D eigenvalue weighted by atomic mass is 32.1. The highest BCUT2D eigenvalue weighted by Crippen LogP contribution is 2.61. The third-order valence-corrected chi connectivity index (χ3v) is 9.93. The van der Waals surface area contributed by atoms with Gasteiger partial charge in [-0.1, -0.05) is 18.2 Å². The zero-order valence-corrected chi connectivity index (χ0v) is 23.3. The summed E-state index contributed by atoms with van der Waals surface area (Å²) in [6, 6.07) is 9.81. The average Bonchev–Trinajstić information content (AvgIpc) is 3.51. The Balaban J connectivity index is 1.41. The number of anilines is 1. The van der Waals surface area contributed by atoms with Gasteiger partial charge in [-0.05, 0) is 87.8 Å². The molecule has 39 heavy (non-hydrogen) atoms. The number of aromatic nitrogens is 2. The van der Waals surface area contributed by atoms with E-state index in [0.717, 1.165) is 42.0 Å². The van der Waals surface area contributed by atoms with E-state index in [1.54, 1.807) is 18.5 Å². The fraction of sp³-hybridized carbons (Fsp3) is 0.467. The molecule has 204 valence electrons. The Hall–Kier alpha value is -3.46. The number of carbonyl (C=O) groups excluding carboxylic acids is 3. The lowest BCUT2D eigenvalue weighted by Gasteiger charge is -2.56. The minimum absolute atomic E-state index is 0.117. The molecule has 7 rings (SSSR count). The number of rotatable bonds is 7. The normalized spacial score (nSPS) is 24.9. The van der Waals surface area contributed by atoms with Crippen molar-refractivity contribution in [1.82, 2.24) is 9.78 Å². The van der Waals surface area contributed by atoms with E-state index in [-0.39, 0.29) is 33.4 Å². The van der Waals surface area contributed by atoms with Crippen LogP contribution in [0, 0.1) is 24.7 Å². The fourth-order valence-corrected chi connectivity index (χ4v) is 8.64. The van der Waals surface area contributed by atoms with Gasteiger partial charge in [0.2, 0.25) is 0 Å². The van der Waals surface area contributed by atoms with Crippen molar-refractivity contribution < 1.29 is 23.9 Å². The molecular formula is C30H33N3O5S. The van der Waals surface area contributed by atoms with Crippen molar-refractivity contribution in [3.8, 4) is 5.69 Å². The summed E-state index contributed by atoms with van der Waals surface area (Å²) < 4.78 is 12.0. The highest BCUT2D eigenvalue weighted by molar-refractivity contribution is 7.18. The van der Waals surface area contributed by atoms with E-state index in [4.69, 9.17) is 14.6 Å². The van der Waals surface area contributed by atoms with Gasteiger partial charge in [-0.15, -0.1) is 11.3 Å². The lowest BCUT2D eigenvalue weighted by Crippen LogP contribution is -2.49. The van der Waals surface area contributed by atoms with Gasteiger partial charge in [0.15, 0.2) is 0 Å². The van der Waals surface area contributed by atoms with Gasteiger partial charge in [-0.25, -0.2) is 14.3 Å². The topological polar surface area (TPSA) is 99.5 Å². The van der Waals surface area contributed by atoms with Gasteiger partial charge in [-0.3, -0.25) is 4.79 Å². The molecule has 2 heterocycles. The minimum atomic E-state index is -0.615. The van der Waals surface area contributed by atoms with Crippen LogP contribution in [0.25, 0.3) is 5.69 Å². The Bertz CT molecular complexity index is 1400. The van der Waals surface area contributed by atoms with Crippen molar-refractivity contribution in [2.75, 3.05) is 19.0 Å². The maximum absolute atomic E-state index is 14.0. The van der Waals surface area contributed by atoms with Crippen molar-refractivity contribution in [2.45, 2.75) is 57.8 Å². The van der Waals surface area contributed by atoms with E-state index in [9.17, 15) is 14.4 Å². The van der Waals surface area contributed by atoms with Crippen LogP contribution < -0.4 is 5.32 Å². The summed E-state index contributed by atoms with van der Waals surface area (Å²) in [4.78, 5) is 39.6. The average molecular weight is 548 g/mol. The molecule has 9 heteroatoms. The van der Waals surface area contributed by atoms with Crippen LogP contribution in [-0.4, -0.2) is 41.3 Å². The van der Waals surface area contributed by atoms with E-state index in [1.807, 2.05) is 36.5 Å². The maximum Gasteiger partial charge on any atom is 0.348 e. The first-order chi connectivity index (χ1) is 18.8. The largest absolute Gasteiger partial charge is 0.465 e. The van der Waals surface area contributed by atoms with Gasteiger partial charge in [0.05, 0.1) is 36.2 Å². The molecule has 0 atom stereocenters. The Morgan fingerprint density at radius 2 is 1.69 bits per heavy atom. The summed E-state index contributed by atoms with van der Waals surface area (Å²) in [6.45, 7) is 3.60. The second kappa shape index (κ2) is 9.93. The molecule has 0 radical (unpaired) electrons. The molecule has 4 saturated carbocycles. The molecule has 0 spiro atoms. The van der Waals surface area contributed by atoms with Crippen LogP contribution in [-0.2, 0) is 14.9 Å². The van der Waals surface area contributed by atoms with Gasteiger partial charge < -0.3 is 14.8 Å². The second-order valence-corrected chi connectivity index (χ2v) is 12.3. The van der Waals surface area contributed by atoms with Crippen LogP contribution in [0.4, 0.5) is 5.00 Å². The Morgan fingerprint density at radius 3 is 2.28 bits per heavy atom. The van der Waals surface area contributed by atoms with Gasteiger partial charge in [0.1, 0.15) is 9.88 Å². The number of para-hydroxylation sites is 1. The van der Waals surface area contributed by atoms with Crippen LogP contribution in [0.1, 0.15) is 87.1 Å². The third kappa shape index (κ3) is 4.46. The Morgan fingerprint density at radius 1 is 1.05 bits per heavy atom. The minimum Gasteiger partial charge on any atom is -0.465 e. The van der Waals surface area contributed by atoms with Crippen molar-refractivity contribution in [2.24, 2.45) is 17.8 Å². The Kier molecular flexibility index (Phi) is 6.57. The van der Waals surface area contributed by atoms with E-state index in [0.29, 0.717) is 28.9 Å². The molecule has 1 N–H and O–H groups in total. The smallest absolute Gasteiger partial charge is 0.348 e. The SMILES string of the molecule is CCOC(=O)c1sc(NC(=O)c2cn(-c3ccccc3)nc2C23CC4CC(CC(C4)C2)C3)c(C(=O)OC)c1C. The molecule has 0 unspecified atom stereocenters. The summed E-state index contributed by atoms with van der Waals surface area (Å²) in [5.74, 6) is 0.573. The molecule has 8 nitrogen and oxygen atoms in total. The number of esters is 2. The summed E-state index contributed by atoms with van der Waals surface area (Å²) in [6.07, 6.45) is 8.84. The van der Waals surface area contributed by atoms with E-state index >= 15 is 0 Å². The maximum atomic E-state index is 14.0. The molecule has 1 aromatic carbocycles. The van der Waals surface area contributed by atoms with E-state index in [2.05, 4.69) is 5.32 Å². The molecule has 3 aromatic rings. The number of thiophene rings is 1. The number of amides is 1. The molecular weight excluding hydrogens is 514 g/mol.